The molecule has 0 atom stereocenters. The molecule has 0 spiro atoms. The summed E-state index contributed by atoms with van der Waals surface area (Å²) in [4.78, 5) is 24.7. The van der Waals surface area contributed by atoms with Crippen LogP contribution in [0.3, 0.4) is 0 Å². The molecule has 3 aromatic rings. The summed E-state index contributed by atoms with van der Waals surface area (Å²) in [6.45, 7) is 6.00. The van der Waals surface area contributed by atoms with Gasteiger partial charge in [-0.3, -0.25) is 9.59 Å². The van der Waals surface area contributed by atoms with Crippen LogP contribution in [0.1, 0.15) is 34.0 Å². The van der Waals surface area contributed by atoms with Crippen molar-refractivity contribution in [2.24, 2.45) is 5.10 Å². The Bertz CT molecular complexity index is 1250. The number of nitrogens with one attached hydrogen (secondary N) is 2. The molecule has 0 unspecified atom stereocenters. The predicted molar refractivity (Wildman–Crippen MR) is 147 cm³/mol. The van der Waals surface area contributed by atoms with E-state index in [4.69, 9.17) is 21.1 Å². The first-order valence-corrected chi connectivity index (χ1v) is 12.3. The molecule has 182 valence electrons. The third-order valence-corrected chi connectivity index (χ3v) is 5.89. The van der Waals surface area contributed by atoms with Gasteiger partial charge in [-0.15, -0.1) is 0 Å². The van der Waals surface area contributed by atoms with E-state index < -0.39 is 0 Å². The van der Waals surface area contributed by atoms with Gasteiger partial charge in [0.15, 0.2) is 18.1 Å². The standard InChI is InChI=1S/C26H25ClIN3O4/c1-4-34-23-13-18(14-29-31-26(33)19-7-9-20(27)10-8-19)12-21(28)25(23)35-15-24(32)30-22-11-16(2)5-6-17(22)3/h5-14H,4,15H2,1-3H3,(H,30,32)(H,31,33)/b29-14+. The first-order valence-electron chi connectivity index (χ1n) is 10.8. The van der Waals surface area contributed by atoms with Crippen molar-refractivity contribution in [2.75, 3.05) is 18.5 Å². The molecule has 0 bridgehead atoms. The lowest BCUT2D eigenvalue weighted by molar-refractivity contribution is -0.118. The van der Waals surface area contributed by atoms with E-state index >= 15 is 0 Å². The molecule has 2 N–H and O–H groups in total. The van der Waals surface area contributed by atoms with E-state index in [0.717, 1.165) is 20.4 Å². The summed E-state index contributed by atoms with van der Waals surface area (Å²) in [6.07, 6.45) is 1.51. The zero-order valence-corrected chi connectivity index (χ0v) is 22.4. The van der Waals surface area contributed by atoms with Gasteiger partial charge in [-0.25, -0.2) is 5.43 Å². The van der Waals surface area contributed by atoms with Crippen LogP contribution in [-0.4, -0.2) is 31.2 Å². The summed E-state index contributed by atoms with van der Waals surface area (Å²) in [6, 6.07) is 15.9. The van der Waals surface area contributed by atoms with E-state index in [0.29, 0.717) is 34.3 Å². The zero-order valence-electron chi connectivity index (χ0n) is 19.5. The van der Waals surface area contributed by atoms with E-state index in [1.807, 2.05) is 45.0 Å². The quantitative estimate of drug-likeness (QED) is 0.185. The number of halogens is 2. The Kier molecular flexibility index (Phi) is 9.50. The minimum absolute atomic E-state index is 0.173. The average molecular weight is 606 g/mol. The third kappa shape index (κ3) is 7.69. The van der Waals surface area contributed by atoms with Crippen LogP contribution in [0.5, 0.6) is 11.5 Å². The molecule has 0 radical (unpaired) electrons. The Morgan fingerprint density at radius 2 is 1.80 bits per heavy atom. The summed E-state index contributed by atoms with van der Waals surface area (Å²) in [5, 5.41) is 7.46. The summed E-state index contributed by atoms with van der Waals surface area (Å²) >= 11 is 7.96. The van der Waals surface area contributed by atoms with Gasteiger partial charge in [0.2, 0.25) is 0 Å². The van der Waals surface area contributed by atoms with Crippen LogP contribution < -0.4 is 20.2 Å². The number of hydrogen-bond donors (Lipinski definition) is 2. The lowest BCUT2D eigenvalue weighted by Crippen LogP contribution is -2.21. The summed E-state index contributed by atoms with van der Waals surface area (Å²) in [5.74, 6) is 0.315. The number of amides is 2. The maximum absolute atomic E-state index is 12.5. The second kappa shape index (κ2) is 12.6. The highest BCUT2D eigenvalue weighted by Gasteiger charge is 2.14. The molecule has 2 amide bonds. The van der Waals surface area contributed by atoms with Crippen LogP contribution in [0.4, 0.5) is 5.69 Å². The smallest absolute Gasteiger partial charge is 0.271 e. The second-order valence-corrected chi connectivity index (χ2v) is 9.22. The predicted octanol–water partition coefficient (Wildman–Crippen LogP) is 5.74. The Morgan fingerprint density at radius 1 is 1.06 bits per heavy atom. The van der Waals surface area contributed by atoms with Gasteiger partial charge in [0.05, 0.1) is 16.4 Å². The minimum atomic E-state index is -0.354. The van der Waals surface area contributed by atoms with E-state index in [1.54, 1.807) is 30.3 Å². The highest BCUT2D eigenvalue weighted by atomic mass is 127. The van der Waals surface area contributed by atoms with Crippen LogP contribution in [0.15, 0.2) is 59.7 Å². The van der Waals surface area contributed by atoms with Gasteiger partial charge < -0.3 is 14.8 Å². The van der Waals surface area contributed by atoms with Gasteiger partial charge in [-0.05, 0) is 103 Å². The highest BCUT2D eigenvalue weighted by Crippen LogP contribution is 2.34. The SMILES string of the molecule is CCOc1cc(/C=N/NC(=O)c2ccc(Cl)cc2)cc(I)c1OCC(=O)Nc1cc(C)ccc1C. The van der Waals surface area contributed by atoms with Gasteiger partial charge in [-0.2, -0.15) is 5.10 Å². The Hall–Kier alpha value is -3.11. The number of carbonyl (C=O) groups is 2. The monoisotopic (exact) mass is 605 g/mol. The van der Waals surface area contributed by atoms with Crippen molar-refractivity contribution < 1.29 is 19.1 Å². The number of hydrazone groups is 1. The Labute approximate surface area is 223 Å². The van der Waals surface area contributed by atoms with Crippen LogP contribution in [0, 0.1) is 17.4 Å². The lowest BCUT2D eigenvalue weighted by atomic mass is 10.1. The van der Waals surface area contributed by atoms with Crippen molar-refractivity contribution in [1.82, 2.24) is 5.43 Å². The molecule has 0 saturated heterocycles. The van der Waals surface area contributed by atoms with Crippen molar-refractivity contribution >= 4 is 57.9 Å². The van der Waals surface area contributed by atoms with Crippen molar-refractivity contribution in [3.8, 4) is 11.5 Å². The van der Waals surface area contributed by atoms with Crippen molar-refractivity contribution in [3.05, 3.63) is 85.4 Å². The van der Waals surface area contributed by atoms with Gasteiger partial charge in [0.1, 0.15) is 0 Å². The molecular weight excluding hydrogens is 581 g/mol. The van der Waals surface area contributed by atoms with Gasteiger partial charge in [-0.1, -0.05) is 23.7 Å². The molecule has 0 heterocycles. The van der Waals surface area contributed by atoms with Crippen molar-refractivity contribution in [1.29, 1.82) is 0 Å². The summed E-state index contributed by atoms with van der Waals surface area (Å²) < 4.78 is 12.3. The molecule has 0 aliphatic rings. The molecule has 0 saturated carbocycles. The number of ether oxygens (including phenoxy) is 2. The first-order chi connectivity index (χ1) is 16.8. The summed E-state index contributed by atoms with van der Waals surface area (Å²) in [5.41, 5.74) is 6.41. The molecule has 3 rings (SSSR count). The molecule has 0 aliphatic carbocycles. The second-order valence-electron chi connectivity index (χ2n) is 7.62. The van der Waals surface area contributed by atoms with Crippen LogP contribution in [0.25, 0.3) is 0 Å². The molecule has 9 heteroatoms. The Balaban J connectivity index is 1.67. The van der Waals surface area contributed by atoms with Gasteiger partial charge in [0.25, 0.3) is 11.8 Å². The minimum Gasteiger partial charge on any atom is -0.490 e. The molecule has 3 aromatic carbocycles. The summed E-state index contributed by atoms with van der Waals surface area (Å²) in [7, 11) is 0. The number of rotatable bonds is 9. The van der Waals surface area contributed by atoms with E-state index in [-0.39, 0.29) is 18.4 Å². The molecular formula is C26H25ClIN3O4. The molecule has 35 heavy (non-hydrogen) atoms. The fourth-order valence-corrected chi connectivity index (χ4v) is 4.00. The number of benzene rings is 3. The Morgan fingerprint density at radius 3 is 2.51 bits per heavy atom. The molecule has 0 aromatic heterocycles. The molecule has 0 aliphatic heterocycles. The number of anilines is 1. The van der Waals surface area contributed by atoms with Crippen LogP contribution in [-0.2, 0) is 4.79 Å². The normalized spacial score (nSPS) is 10.8. The third-order valence-electron chi connectivity index (χ3n) is 4.83. The number of carbonyl (C=O) groups excluding carboxylic acids is 2. The topological polar surface area (TPSA) is 89.0 Å². The van der Waals surface area contributed by atoms with Crippen LogP contribution in [0.2, 0.25) is 5.02 Å². The van der Waals surface area contributed by atoms with E-state index in [1.165, 1.54) is 6.21 Å². The van der Waals surface area contributed by atoms with Gasteiger partial charge >= 0.3 is 0 Å². The largest absolute Gasteiger partial charge is 0.490 e. The first kappa shape index (κ1) is 26.5. The maximum atomic E-state index is 12.5. The fourth-order valence-electron chi connectivity index (χ4n) is 3.09. The number of hydrogen-bond acceptors (Lipinski definition) is 5. The zero-order chi connectivity index (χ0) is 25.4. The van der Waals surface area contributed by atoms with E-state index in [2.05, 4.69) is 38.4 Å². The molecule has 7 nitrogen and oxygen atoms in total. The van der Waals surface area contributed by atoms with Gasteiger partial charge in [0, 0.05) is 16.3 Å². The maximum Gasteiger partial charge on any atom is 0.271 e. The lowest BCUT2D eigenvalue weighted by Gasteiger charge is -2.15. The van der Waals surface area contributed by atoms with E-state index in [9.17, 15) is 9.59 Å². The van der Waals surface area contributed by atoms with Crippen LogP contribution >= 0.6 is 34.2 Å². The number of aryl methyl sites for hydroxylation is 2. The highest BCUT2D eigenvalue weighted by molar-refractivity contribution is 14.1. The molecule has 0 fully saturated rings. The average Bonchev–Trinajstić information content (AvgIpc) is 2.81. The van der Waals surface area contributed by atoms with Crippen molar-refractivity contribution in [2.45, 2.75) is 20.8 Å². The number of nitrogens with zero attached hydrogens (tertiary/aromatic N) is 1. The fraction of sp³-hybridized carbons (Fsp3) is 0.192. The van der Waals surface area contributed by atoms with Crippen molar-refractivity contribution in [3.63, 3.8) is 0 Å².